The predicted octanol–water partition coefficient (Wildman–Crippen LogP) is 1.57. The Morgan fingerprint density at radius 2 is 2.33 bits per heavy atom. The number of imidazole rings is 1. The molecule has 2 aromatic heterocycles. The van der Waals surface area contributed by atoms with Gasteiger partial charge >= 0.3 is 5.69 Å². The Morgan fingerprint density at radius 3 is 3.00 bits per heavy atom. The van der Waals surface area contributed by atoms with Gasteiger partial charge in [-0.2, -0.15) is 0 Å². The highest BCUT2D eigenvalue weighted by molar-refractivity contribution is 6.16. The maximum Gasteiger partial charge on any atom is 0.334 e. The van der Waals surface area contributed by atoms with Gasteiger partial charge in [0.25, 0.3) is 0 Å². The van der Waals surface area contributed by atoms with Crippen molar-refractivity contribution in [1.29, 1.82) is 0 Å². The summed E-state index contributed by atoms with van der Waals surface area (Å²) in [5, 5.41) is 0. The zero-order valence-corrected chi connectivity index (χ0v) is 8.81. The van der Waals surface area contributed by atoms with E-state index in [1.54, 1.807) is 15.2 Å². The molecular formula is C10H10ClN3O. The highest BCUT2D eigenvalue weighted by atomic mass is 35.5. The Morgan fingerprint density at radius 1 is 1.53 bits per heavy atom. The van der Waals surface area contributed by atoms with Crippen molar-refractivity contribution in [3.63, 3.8) is 0 Å². The lowest BCUT2D eigenvalue weighted by molar-refractivity contribution is 0.670. The van der Waals surface area contributed by atoms with Crippen LogP contribution in [0.15, 0.2) is 23.3 Å². The number of halogens is 1. The minimum atomic E-state index is -0.0149. The molecule has 0 saturated heterocycles. The summed E-state index contributed by atoms with van der Waals surface area (Å²) >= 11 is 5.68. The second-order valence-corrected chi connectivity index (χ2v) is 4.10. The number of hydrogen-bond acceptors (Lipinski definition) is 2. The smallest absolute Gasteiger partial charge is 0.297 e. The van der Waals surface area contributed by atoms with Crippen LogP contribution in [-0.2, 0) is 5.88 Å². The van der Waals surface area contributed by atoms with E-state index in [1.807, 2.05) is 12.3 Å². The average molecular weight is 224 g/mol. The molecule has 0 N–H and O–H groups in total. The average Bonchev–Trinajstić information content (AvgIpc) is 2.97. The van der Waals surface area contributed by atoms with Crippen LogP contribution in [0.5, 0.6) is 0 Å². The molecule has 0 aliphatic heterocycles. The van der Waals surface area contributed by atoms with E-state index in [0.717, 1.165) is 18.5 Å². The highest BCUT2D eigenvalue weighted by Crippen LogP contribution is 2.33. The van der Waals surface area contributed by atoms with Crippen LogP contribution >= 0.6 is 11.6 Å². The van der Waals surface area contributed by atoms with Crippen molar-refractivity contribution in [2.75, 3.05) is 0 Å². The van der Waals surface area contributed by atoms with E-state index in [0.29, 0.717) is 17.6 Å². The maximum atomic E-state index is 12.0. The third-order valence-corrected chi connectivity index (χ3v) is 2.95. The number of aromatic nitrogens is 3. The Bertz CT molecular complexity index is 568. The summed E-state index contributed by atoms with van der Waals surface area (Å²) in [6.07, 6.45) is 5.73. The summed E-state index contributed by atoms with van der Waals surface area (Å²) in [6.45, 7) is 0. The number of fused-ring (bicyclic) bond motifs is 1. The van der Waals surface area contributed by atoms with E-state index in [2.05, 4.69) is 4.98 Å². The van der Waals surface area contributed by atoms with Crippen LogP contribution in [0.3, 0.4) is 0 Å². The molecule has 1 fully saturated rings. The van der Waals surface area contributed by atoms with Crippen LogP contribution in [-0.4, -0.2) is 14.0 Å². The van der Waals surface area contributed by atoms with E-state index >= 15 is 0 Å². The third-order valence-electron chi connectivity index (χ3n) is 2.67. The van der Waals surface area contributed by atoms with Crippen molar-refractivity contribution in [3.05, 3.63) is 34.6 Å². The van der Waals surface area contributed by atoms with Crippen molar-refractivity contribution in [1.82, 2.24) is 14.0 Å². The van der Waals surface area contributed by atoms with Crippen LogP contribution in [0, 0.1) is 0 Å². The Hall–Kier alpha value is -1.29. The first-order valence-corrected chi connectivity index (χ1v) is 5.48. The molecule has 2 heterocycles. The molecule has 1 saturated carbocycles. The molecule has 15 heavy (non-hydrogen) atoms. The molecule has 1 aliphatic carbocycles. The monoisotopic (exact) mass is 223 g/mol. The molecule has 5 heteroatoms. The van der Waals surface area contributed by atoms with Crippen LogP contribution in [0.25, 0.3) is 5.65 Å². The van der Waals surface area contributed by atoms with Gasteiger partial charge in [-0.25, -0.2) is 9.78 Å². The fraction of sp³-hybridized carbons (Fsp3) is 0.400. The summed E-state index contributed by atoms with van der Waals surface area (Å²) in [6, 6.07) is 2.25. The fourth-order valence-corrected chi connectivity index (χ4v) is 1.87. The van der Waals surface area contributed by atoms with Crippen molar-refractivity contribution in [3.8, 4) is 0 Å². The van der Waals surface area contributed by atoms with E-state index < -0.39 is 0 Å². The molecule has 0 amide bonds. The summed E-state index contributed by atoms with van der Waals surface area (Å²) in [5.74, 6) is 0.338. The lowest BCUT2D eigenvalue weighted by Gasteiger charge is -2.02. The standard InChI is InChI=1S/C10H10ClN3O/c11-5-7-6-14-9(12-7)3-4-13(10(14)15)8-1-2-8/h3-4,6,8H,1-2,5H2. The number of alkyl halides is 1. The summed E-state index contributed by atoms with van der Waals surface area (Å²) in [5.41, 5.74) is 1.40. The number of rotatable bonds is 2. The van der Waals surface area contributed by atoms with Gasteiger partial charge in [0.1, 0.15) is 5.65 Å². The topological polar surface area (TPSA) is 39.3 Å². The lowest BCUT2D eigenvalue weighted by Crippen LogP contribution is -2.24. The summed E-state index contributed by atoms with van der Waals surface area (Å²) in [7, 11) is 0. The number of hydrogen-bond donors (Lipinski definition) is 0. The SMILES string of the molecule is O=c1n(C2CC2)ccc2nc(CCl)cn12. The van der Waals surface area contributed by atoms with Crippen molar-refractivity contribution in [2.45, 2.75) is 24.8 Å². The first-order chi connectivity index (χ1) is 7.29. The van der Waals surface area contributed by atoms with Gasteiger partial charge in [-0.05, 0) is 18.9 Å². The number of nitrogens with zero attached hydrogens (tertiary/aromatic N) is 3. The van der Waals surface area contributed by atoms with Crippen molar-refractivity contribution >= 4 is 17.2 Å². The largest absolute Gasteiger partial charge is 0.334 e. The molecule has 2 aromatic rings. The van der Waals surface area contributed by atoms with Crippen molar-refractivity contribution < 1.29 is 0 Å². The summed E-state index contributed by atoms with van der Waals surface area (Å²) < 4.78 is 3.34. The Balaban J connectivity index is 2.26. The van der Waals surface area contributed by atoms with Crippen molar-refractivity contribution in [2.24, 2.45) is 0 Å². The van der Waals surface area contributed by atoms with Gasteiger partial charge in [0.15, 0.2) is 0 Å². The quantitative estimate of drug-likeness (QED) is 0.725. The summed E-state index contributed by atoms with van der Waals surface area (Å²) in [4.78, 5) is 16.2. The van der Waals surface area contributed by atoms with Crippen LogP contribution in [0.2, 0.25) is 0 Å². The Kier molecular flexibility index (Phi) is 1.85. The van der Waals surface area contributed by atoms with E-state index in [4.69, 9.17) is 11.6 Å². The molecule has 0 spiro atoms. The minimum absolute atomic E-state index is 0.0149. The molecule has 1 aliphatic rings. The van der Waals surface area contributed by atoms with Gasteiger partial charge in [0.2, 0.25) is 0 Å². The predicted molar refractivity (Wildman–Crippen MR) is 57.3 cm³/mol. The van der Waals surface area contributed by atoms with Crippen LogP contribution in [0.1, 0.15) is 24.6 Å². The van der Waals surface area contributed by atoms with Gasteiger partial charge in [-0.3, -0.25) is 8.97 Å². The minimum Gasteiger partial charge on any atom is -0.297 e. The zero-order chi connectivity index (χ0) is 10.4. The van der Waals surface area contributed by atoms with Gasteiger partial charge in [-0.15, -0.1) is 11.6 Å². The molecule has 0 bridgehead atoms. The van der Waals surface area contributed by atoms with Crippen LogP contribution in [0.4, 0.5) is 0 Å². The maximum absolute atomic E-state index is 12.0. The molecule has 78 valence electrons. The van der Waals surface area contributed by atoms with Gasteiger partial charge < -0.3 is 0 Å². The Labute approximate surface area is 91.1 Å². The van der Waals surface area contributed by atoms with Gasteiger partial charge in [-0.1, -0.05) is 0 Å². The molecule has 0 unspecified atom stereocenters. The second kappa shape index (κ2) is 3.10. The lowest BCUT2D eigenvalue weighted by atomic mass is 10.5. The molecule has 0 aromatic carbocycles. The normalized spacial score (nSPS) is 16.1. The van der Waals surface area contributed by atoms with Gasteiger partial charge in [0, 0.05) is 18.4 Å². The molecular weight excluding hydrogens is 214 g/mol. The molecule has 0 atom stereocenters. The first-order valence-electron chi connectivity index (χ1n) is 4.94. The van der Waals surface area contributed by atoms with E-state index in [9.17, 15) is 4.79 Å². The second-order valence-electron chi connectivity index (χ2n) is 3.83. The fourth-order valence-electron chi connectivity index (χ4n) is 1.75. The zero-order valence-electron chi connectivity index (χ0n) is 8.06. The highest BCUT2D eigenvalue weighted by Gasteiger charge is 2.25. The molecule has 3 rings (SSSR count). The molecule has 4 nitrogen and oxygen atoms in total. The molecule has 0 radical (unpaired) electrons. The van der Waals surface area contributed by atoms with Gasteiger partial charge in [0.05, 0.1) is 11.6 Å². The first kappa shape index (κ1) is 8.97. The van der Waals surface area contributed by atoms with E-state index in [-0.39, 0.29) is 5.69 Å². The van der Waals surface area contributed by atoms with E-state index in [1.165, 1.54) is 0 Å². The third kappa shape index (κ3) is 1.36. The van der Waals surface area contributed by atoms with Crippen LogP contribution < -0.4 is 5.69 Å².